The van der Waals surface area contributed by atoms with Gasteiger partial charge in [-0.25, -0.2) is 0 Å². The van der Waals surface area contributed by atoms with Gasteiger partial charge in [-0.3, -0.25) is 0 Å². The predicted molar refractivity (Wildman–Crippen MR) is 87.3 cm³/mol. The van der Waals surface area contributed by atoms with Crippen LogP contribution in [0.2, 0.25) is 0 Å². The molecule has 1 aliphatic rings. The first-order valence-electron chi connectivity index (χ1n) is 7.79. The second kappa shape index (κ2) is 4.63. The predicted octanol–water partition coefficient (Wildman–Crippen LogP) is 5.51. The van der Waals surface area contributed by atoms with Gasteiger partial charge in [0.1, 0.15) is 0 Å². The highest BCUT2D eigenvalue weighted by atomic mass is 14.2. The van der Waals surface area contributed by atoms with Crippen LogP contribution in [-0.2, 0) is 12.8 Å². The lowest BCUT2D eigenvalue weighted by Crippen LogP contribution is -2.13. The first-order valence-corrected chi connectivity index (χ1v) is 7.79. The lowest BCUT2D eigenvalue weighted by molar-refractivity contribution is 0.447. The standard InChI is InChI=1S/C20H20/c1-2-14-7-8-16-10-11-18-17-6-4-3-5-15(17)9-12-19(18)20(16)13-14/h3-6,9-12,14H,2,7-8,13H2,1H3. The molecule has 0 saturated carbocycles. The van der Waals surface area contributed by atoms with E-state index in [0.717, 1.165) is 5.92 Å². The van der Waals surface area contributed by atoms with Gasteiger partial charge in [0.25, 0.3) is 0 Å². The quantitative estimate of drug-likeness (QED) is 0.506. The molecule has 0 saturated heterocycles. The van der Waals surface area contributed by atoms with Crippen molar-refractivity contribution in [2.45, 2.75) is 32.6 Å². The molecule has 0 aromatic heterocycles. The van der Waals surface area contributed by atoms with Gasteiger partial charge in [-0.1, -0.05) is 61.9 Å². The Bertz CT molecular complexity index is 782. The van der Waals surface area contributed by atoms with E-state index in [4.69, 9.17) is 0 Å². The van der Waals surface area contributed by atoms with E-state index >= 15 is 0 Å². The maximum Gasteiger partial charge on any atom is -0.0102 e. The minimum Gasteiger partial charge on any atom is -0.0651 e. The zero-order valence-electron chi connectivity index (χ0n) is 12.0. The molecule has 1 aliphatic carbocycles. The third-order valence-electron chi connectivity index (χ3n) is 5.03. The summed E-state index contributed by atoms with van der Waals surface area (Å²) in [5, 5.41) is 5.66. The van der Waals surface area contributed by atoms with Crippen LogP contribution in [0.4, 0.5) is 0 Å². The summed E-state index contributed by atoms with van der Waals surface area (Å²) < 4.78 is 0. The fourth-order valence-corrected chi connectivity index (χ4v) is 3.77. The van der Waals surface area contributed by atoms with Crippen molar-refractivity contribution in [3.8, 4) is 0 Å². The van der Waals surface area contributed by atoms with E-state index in [1.807, 2.05) is 0 Å². The van der Waals surface area contributed by atoms with Crippen molar-refractivity contribution in [1.29, 1.82) is 0 Å². The van der Waals surface area contributed by atoms with E-state index in [1.54, 1.807) is 11.1 Å². The van der Waals surface area contributed by atoms with Crippen molar-refractivity contribution in [3.63, 3.8) is 0 Å². The number of benzene rings is 3. The molecule has 0 radical (unpaired) electrons. The van der Waals surface area contributed by atoms with Gasteiger partial charge in [0, 0.05) is 0 Å². The van der Waals surface area contributed by atoms with Gasteiger partial charge in [-0.15, -0.1) is 0 Å². The van der Waals surface area contributed by atoms with Crippen molar-refractivity contribution >= 4 is 21.5 Å². The molecular formula is C20H20. The summed E-state index contributed by atoms with van der Waals surface area (Å²) in [6.07, 6.45) is 5.20. The molecule has 20 heavy (non-hydrogen) atoms. The molecule has 1 atom stereocenters. The topological polar surface area (TPSA) is 0 Å². The summed E-state index contributed by atoms with van der Waals surface area (Å²) in [6.45, 7) is 2.33. The Labute approximate surface area is 120 Å². The molecule has 0 spiro atoms. The molecule has 0 nitrogen and oxygen atoms in total. The molecule has 0 fully saturated rings. The normalized spacial score (nSPS) is 18.4. The van der Waals surface area contributed by atoms with Crippen molar-refractivity contribution in [3.05, 3.63) is 59.7 Å². The maximum atomic E-state index is 2.37. The van der Waals surface area contributed by atoms with Crippen LogP contribution < -0.4 is 0 Å². The average Bonchev–Trinajstić information content (AvgIpc) is 2.53. The molecule has 1 unspecified atom stereocenters. The van der Waals surface area contributed by atoms with E-state index in [9.17, 15) is 0 Å². The Kier molecular flexibility index (Phi) is 2.77. The maximum absolute atomic E-state index is 2.37. The molecular weight excluding hydrogens is 240 g/mol. The Hall–Kier alpha value is -1.82. The molecule has 0 amide bonds. The molecule has 4 rings (SSSR count). The highest BCUT2D eigenvalue weighted by Gasteiger charge is 2.19. The second-order valence-electron chi connectivity index (χ2n) is 6.10. The van der Waals surface area contributed by atoms with Gasteiger partial charge < -0.3 is 0 Å². The zero-order chi connectivity index (χ0) is 13.5. The first kappa shape index (κ1) is 12.0. The van der Waals surface area contributed by atoms with Crippen LogP contribution in [0.1, 0.15) is 30.9 Å². The Morgan fingerprint density at radius 2 is 1.75 bits per heavy atom. The van der Waals surface area contributed by atoms with Gasteiger partial charge in [-0.05, 0) is 57.9 Å². The van der Waals surface area contributed by atoms with Gasteiger partial charge >= 0.3 is 0 Å². The van der Waals surface area contributed by atoms with Crippen LogP contribution in [0.15, 0.2) is 48.5 Å². The SMILES string of the molecule is CCC1CCc2ccc3c(ccc4ccccc43)c2C1. The van der Waals surface area contributed by atoms with Crippen molar-refractivity contribution < 1.29 is 0 Å². The van der Waals surface area contributed by atoms with Crippen LogP contribution in [0.25, 0.3) is 21.5 Å². The molecule has 3 aromatic rings. The van der Waals surface area contributed by atoms with Crippen molar-refractivity contribution in [2.24, 2.45) is 5.92 Å². The number of hydrogen-bond acceptors (Lipinski definition) is 0. The molecule has 0 heteroatoms. The third kappa shape index (κ3) is 1.75. The fourth-order valence-electron chi connectivity index (χ4n) is 3.77. The number of rotatable bonds is 1. The zero-order valence-corrected chi connectivity index (χ0v) is 12.0. The van der Waals surface area contributed by atoms with Gasteiger partial charge in [-0.2, -0.15) is 0 Å². The summed E-state index contributed by atoms with van der Waals surface area (Å²) in [4.78, 5) is 0. The van der Waals surface area contributed by atoms with Gasteiger partial charge in [0.05, 0.1) is 0 Å². The lowest BCUT2D eigenvalue weighted by Gasteiger charge is -2.25. The van der Waals surface area contributed by atoms with Crippen LogP contribution in [0.5, 0.6) is 0 Å². The Morgan fingerprint density at radius 3 is 2.65 bits per heavy atom. The number of hydrogen-bond donors (Lipinski definition) is 0. The van der Waals surface area contributed by atoms with E-state index < -0.39 is 0 Å². The molecule has 100 valence electrons. The highest BCUT2D eigenvalue weighted by molar-refractivity contribution is 6.08. The van der Waals surface area contributed by atoms with Crippen molar-refractivity contribution in [1.82, 2.24) is 0 Å². The summed E-state index contributed by atoms with van der Waals surface area (Å²) in [5.74, 6) is 0.875. The van der Waals surface area contributed by atoms with E-state index in [0.29, 0.717) is 0 Å². The minimum absolute atomic E-state index is 0.875. The molecule has 0 bridgehead atoms. The van der Waals surface area contributed by atoms with Gasteiger partial charge in [0.2, 0.25) is 0 Å². The number of aryl methyl sites for hydroxylation is 1. The molecule has 3 aromatic carbocycles. The number of fused-ring (bicyclic) bond motifs is 5. The van der Waals surface area contributed by atoms with Crippen LogP contribution >= 0.6 is 0 Å². The van der Waals surface area contributed by atoms with Crippen LogP contribution in [0, 0.1) is 5.92 Å². The highest BCUT2D eigenvalue weighted by Crippen LogP contribution is 2.35. The minimum atomic E-state index is 0.875. The van der Waals surface area contributed by atoms with Crippen LogP contribution in [-0.4, -0.2) is 0 Å². The summed E-state index contributed by atoms with van der Waals surface area (Å²) in [6, 6.07) is 18.1. The summed E-state index contributed by atoms with van der Waals surface area (Å²) in [5.41, 5.74) is 3.20. The van der Waals surface area contributed by atoms with E-state index in [-0.39, 0.29) is 0 Å². The van der Waals surface area contributed by atoms with E-state index in [1.165, 1.54) is 47.2 Å². The second-order valence-corrected chi connectivity index (χ2v) is 6.10. The fraction of sp³-hybridized carbons (Fsp3) is 0.300. The Morgan fingerprint density at radius 1 is 0.900 bits per heavy atom. The first-order chi connectivity index (χ1) is 9.86. The summed E-state index contributed by atoms with van der Waals surface area (Å²) in [7, 11) is 0. The summed E-state index contributed by atoms with van der Waals surface area (Å²) >= 11 is 0. The smallest absolute Gasteiger partial charge is 0.0102 e. The molecule has 0 aliphatic heterocycles. The Balaban J connectivity index is 2.02. The molecule has 0 N–H and O–H groups in total. The largest absolute Gasteiger partial charge is 0.0651 e. The average molecular weight is 260 g/mol. The molecule has 0 heterocycles. The van der Waals surface area contributed by atoms with Crippen LogP contribution in [0.3, 0.4) is 0 Å². The third-order valence-corrected chi connectivity index (χ3v) is 5.03. The van der Waals surface area contributed by atoms with Crippen molar-refractivity contribution in [2.75, 3.05) is 0 Å². The van der Waals surface area contributed by atoms with Gasteiger partial charge in [0.15, 0.2) is 0 Å². The monoisotopic (exact) mass is 260 g/mol. The van der Waals surface area contributed by atoms with E-state index in [2.05, 4.69) is 55.5 Å². The lowest BCUT2D eigenvalue weighted by atomic mass is 9.80.